The second kappa shape index (κ2) is 5.36. The van der Waals surface area contributed by atoms with Gasteiger partial charge in [-0.05, 0) is 12.5 Å². The Bertz CT molecular complexity index is 175. The minimum Gasteiger partial charge on any atom is -0.759 e. The summed E-state index contributed by atoms with van der Waals surface area (Å²) in [5, 5.41) is 0. The van der Waals surface area contributed by atoms with E-state index in [1.54, 1.807) is 0 Å². The van der Waals surface area contributed by atoms with Crippen LogP contribution in [0.4, 0.5) is 0 Å². The van der Waals surface area contributed by atoms with Gasteiger partial charge in [-0.25, -0.2) is 0 Å². The molecule has 5 nitrogen and oxygen atoms in total. The quantitative estimate of drug-likeness (QED) is 0.291. The molecule has 0 aliphatic carbocycles. The van der Waals surface area contributed by atoms with Crippen molar-refractivity contribution in [1.82, 2.24) is 0 Å². The van der Waals surface area contributed by atoms with E-state index >= 15 is 0 Å². The molecule has 0 aromatic heterocycles. The zero-order valence-electron chi connectivity index (χ0n) is 5.66. The maximum Gasteiger partial charge on any atom is 0.0951 e. The molecular formula is C4H10NO4S-. The van der Waals surface area contributed by atoms with Gasteiger partial charge < -0.3 is 14.8 Å². The van der Waals surface area contributed by atoms with Gasteiger partial charge in [0.2, 0.25) is 0 Å². The first kappa shape index (κ1) is 12.3. The highest BCUT2D eigenvalue weighted by Crippen LogP contribution is 1.72. The van der Waals surface area contributed by atoms with Gasteiger partial charge in [-0.3, -0.25) is 8.42 Å². The van der Waals surface area contributed by atoms with Gasteiger partial charge >= 0.3 is 0 Å². The summed E-state index contributed by atoms with van der Waals surface area (Å²) in [7, 11) is -5.17. The molecule has 0 radical (unpaired) electrons. The molecule has 0 saturated heterocycles. The van der Waals surface area contributed by atoms with Crippen LogP contribution in [0.5, 0.6) is 0 Å². The first-order valence-electron chi connectivity index (χ1n) is 2.37. The molecule has 0 atom stereocenters. The normalized spacial score (nSPS) is 9.60. The number of hydrogen-bond donors (Lipinski definition) is 1. The van der Waals surface area contributed by atoms with Crippen LogP contribution in [0, 0.1) is 0 Å². The number of quaternary nitrogens is 1. The van der Waals surface area contributed by atoms with Crippen molar-refractivity contribution in [3.8, 4) is 0 Å². The summed E-state index contributed by atoms with van der Waals surface area (Å²) >= 11 is 0. The molecule has 3 N–H and O–H groups in total. The topological polar surface area (TPSA) is 108 Å². The number of hydrogen-bond acceptors (Lipinski definition) is 4. The fourth-order valence-electron chi connectivity index (χ4n) is 0. The van der Waals surface area contributed by atoms with Crippen LogP contribution in [-0.4, -0.2) is 24.1 Å². The van der Waals surface area contributed by atoms with Crippen molar-refractivity contribution in [2.75, 3.05) is 6.54 Å². The van der Waals surface area contributed by atoms with Crippen LogP contribution in [-0.2, 0) is 10.4 Å². The fraction of sp³-hybridized carbons (Fsp3) is 0.500. The van der Waals surface area contributed by atoms with Gasteiger partial charge in [0, 0.05) is 10.4 Å². The SMILES string of the molecule is C=C(C)C[NH3+].O=S(=O)([O-])[O-]. The Balaban J connectivity index is 0. The van der Waals surface area contributed by atoms with Gasteiger partial charge in [0.15, 0.2) is 0 Å². The lowest BCUT2D eigenvalue weighted by Crippen LogP contribution is -2.50. The summed E-state index contributed by atoms with van der Waals surface area (Å²) in [6.07, 6.45) is 0. The van der Waals surface area contributed by atoms with Gasteiger partial charge in [0.05, 0.1) is 6.54 Å². The zero-order valence-corrected chi connectivity index (χ0v) is 6.48. The minimum atomic E-state index is -5.17. The van der Waals surface area contributed by atoms with Crippen molar-refractivity contribution in [1.29, 1.82) is 0 Å². The van der Waals surface area contributed by atoms with Gasteiger partial charge in [-0.1, -0.05) is 6.58 Å². The van der Waals surface area contributed by atoms with E-state index in [0.29, 0.717) is 0 Å². The Morgan fingerprint density at radius 3 is 1.70 bits per heavy atom. The summed E-state index contributed by atoms with van der Waals surface area (Å²) in [5.74, 6) is 0. The Morgan fingerprint density at radius 2 is 1.70 bits per heavy atom. The largest absolute Gasteiger partial charge is 0.759 e. The summed E-state index contributed by atoms with van der Waals surface area (Å²) in [4.78, 5) is 0. The molecule has 0 spiro atoms. The highest BCUT2D eigenvalue weighted by molar-refractivity contribution is 7.79. The average molecular weight is 168 g/mol. The minimum absolute atomic E-state index is 0.861. The summed E-state index contributed by atoms with van der Waals surface area (Å²) in [6.45, 7) is 6.44. The zero-order chi connectivity index (χ0) is 8.78. The van der Waals surface area contributed by atoms with Crippen LogP contribution in [0.1, 0.15) is 6.92 Å². The van der Waals surface area contributed by atoms with E-state index in [0.717, 1.165) is 12.1 Å². The third kappa shape index (κ3) is 133. The van der Waals surface area contributed by atoms with Gasteiger partial charge in [-0.15, -0.1) is 0 Å². The van der Waals surface area contributed by atoms with Crippen LogP contribution in [0.15, 0.2) is 12.2 Å². The molecule has 62 valence electrons. The third-order valence-corrected chi connectivity index (χ3v) is 0.427. The lowest BCUT2D eigenvalue weighted by Gasteiger charge is -2.06. The van der Waals surface area contributed by atoms with Crippen molar-refractivity contribution in [3.05, 3.63) is 12.2 Å². The molecule has 0 saturated carbocycles. The summed E-state index contributed by atoms with van der Waals surface area (Å²) < 4.78 is 34.1. The summed E-state index contributed by atoms with van der Waals surface area (Å²) in [5.41, 5.74) is 4.73. The molecule has 0 aromatic carbocycles. The third-order valence-electron chi connectivity index (χ3n) is 0.427. The highest BCUT2D eigenvalue weighted by Gasteiger charge is 1.71. The lowest BCUT2D eigenvalue weighted by atomic mass is 10.4. The smallest absolute Gasteiger partial charge is 0.0951 e. The van der Waals surface area contributed by atoms with E-state index < -0.39 is 10.4 Å². The number of rotatable bonds is 1. The first-order chi connectivity index (χ1) is 4.27. The van der Waals surface area contributed by atoms with Crippen molar-refractivity contribution < 1.29 is 23.3 Å². The van der Waals surface area contributed by atoms with Crippen LogP contribution < -0.4 is 5.73 Å². The van der Waals surface area contributed by atoms with Crippen LogP contribution in [0.2, 0.25) is 0 Å². The van der Waals surface area contributed by atoms with Crippen molar-refractivity contribution in [3.63, 3.8) is 0 Å². The Kier molecular flexibility index (Phi) is 6.58. The van der Waals surface area contributed by atoms with E-state index in [2.05, 4.69) is 12.3 Å². The molecule has 10 heavy (non-hydrogen) atoms. The monoisotopic (exact) mass is 168 g/mol. The van der Waals surface area contributed by atoms with E-state index in [1.165, 1.54) is 0 Å². The van der Waals surface area contributed by atoms with Crippen LogP contribution in [0.25, 0.3) is 0 Å². The predicted octanol–water partition coefficient (Wildman–Crippen LogP) is -1.53. The molecule has 0 rings (SSSR count). The maximum atomic E-state index is 8.52. The predicted molar refractivity (Wildman–Crippen MR) is 33.0 cm³/mol. The molecule has 0 bridgehead atoms. The van der Waals surface area contributed by atoms with Gasteiger partial charge in [0.25, 0.3) is 0 Å². The van der Waals surface area contributed by atoms with Gasteiger partial charge in [0.1, 0.15) is 0 Å². The molecule has 0 amide bonds. The molecule has 0 aliphatic heterocycles. The lowest BCUT2D eigenvalue weighted by molar-refractivity contribution is -0.355. The van der Waals surface area contributed by atoms with E-state index in [-0.39, 0.29) is 0 Å². The second-order valence-corrected chi connectivity index (χ2v) is 2.43. The molecule has 0 heterocycles. The van der Waals surface area contributed by atoms with E-state index in [1.807, 2.05) is 6.92 Å². The second-order valence-electron chi connectivity index (χ2n) is 1.62. The van der Waals surface area contributed by atoms with Gasteiger partial charge in [-0.2, -0.15) is 0 Å². The van der Waals surface area contributed by atoms with Crippen molar-refractivity contribution >= 4 is 10.4 Å². The standard InChI is InChI=1S/C4H9N.H2O4S/c1-4(2)3-5;1-5(2,3)4/h1,3,5H2,2H3;(H2,1,2,3,4)/p-1. The Morgan fingerprint density at radius 1 is 1.60 bits per heavy atom. The van der Waals surface area contributed by atoms with E-state index in [4.69, 9.17) is 17.5 Å². The van der Waals surface area contributed by atoms with Crippen molar-refractivity contribution in [2.24, 2.45) is 0 Å². The highest BCUT2D eigenvalue weighted by atomic mass is 32.3. The fourth-order valence-corrected chi connectivity index (χ4v) is 0. The molecule has 0 aromatic rings. The molecule has 0 fully saturated rings. The average Bonchev–Trinajstić information content (AvgIpc) is 1.61. The Hall–Kier alpha value is -0.430. The first-order valence-corrected chi connectivity index (χ1v) is 3.71. The molecule has 0 aliphatic rings. The Labute approximate surface area is 60.1 Å². The molecular weight excluding hydrogens is 158 g/mol. The van der Waals surface area contributed by atoms with Crippen LogP contribution in [0.3, 0.4) is 0 Å². The molecule has 6 heteroatoms. The maximum absolute atomic E-state index is 8.52. The van der Waals surface area contributed by atoms with Crippen molar-refractivity contribution in [2.45, 2.75) is 6.92 Å². The van der Waals surface area contributed by atoms with Crippen LogP contribution >= 0.6 is 0 Å². The summed E-state index contributed by atoms with van der Waals surface area (Å²) in [6, 6.07) is 0. The van der Waals surface area contributed by atoms with E-state index in [9.17, 15) is 0 Å². The molecule has 0 unspecified atom stereocenters.